The molecule has 0 atom stereocenters. The Kier molecular flexibility index (Phi) is 4.84. The summed E-state index contributed by atoms with van der Waals surface area (Å²) in [6.45, 7) is 1.81. The lowest BCUT2D eigenvalue weighted by atomic mass is 10.1. The SMILES string of the molecule is COc1cc([N+](=O)[O-])c(/C=N\S(=O)(=O)c2ccc(C)cc2)cc1O. The Morgan fingerprint density at radius 1 is 1.25 bits per heavy atom. The van der Waals surface area contributed by atoms with Gasteiger partial charge in [-0.15, -0.1) is 0 Å². The average molecular weight is 350 g/mol. The number of hydrogen-bond donors (Lipinski definition) is 1. The molecule has 0 saturated heterocycles. The van der Waals surface area contributed by atoms with Crippen LogP contribution in [0.15, 0.2) is 45.7 Å². The number of nitrogens with zero attached hydrogens (tertiary/aromatic N) is 2. The first-order valence-corrected chi connectivity index (χ1v) is 8.11. The van der Waals surface area contributed by atoms with Crippen LogP contribution in [-0.4, -0.2) is 31.8 Å². The first-order chi connectivity index (χ1) is 11.2. The molecule has 0 aliphatic carbocycles. The summed E-state index contributed by atoms with van der Waals surface area (Å²) in [6, 6.07) is 8.03. The monoisotopic (exact) mass is 350 g/mol. The smallest absolute Gasteiger partial charge is 0.282 e. The molecule has 126 valence electrons. The zero-order valence-electron chi connectivity index (χ0n) is 12.8. The van der Waals surface area contributed by atoms with Crippen molar-refractivity contribution >= 4 is 21.9 Å². The molecule has 0 bridgehead atoms. The van der Waals surface area contributed by atoms with Crippen LogP contribution < -0.4 is 4.74 Å². The maximum atomic E-state index is 12.2. The molecule has 2 aromatic rings. The Hall–Kier alpha value is -2.94. The maximum absolute atomic E-state index is 12.2. The van der Waals surface area contributed by atoms with Crippen molar-refractivity contribution in [2.45, 2.75) is 11.8 Å². The summed E-state index contributed by atoms with van der Waals surface area (Å²) >= 11 is 0. The highest BCUT2D eigenvalue weighted by atomic mass is 32.2. The third kappa shape index (κ3) is 3.69. The summed E-state index contributed by atoms with van der Waals surface area (Å²) in [6.07, 6.45) is 0.826. The van der Waals surface area contributed by atoms with Crippen LogP contribution in [0.1, 0.15) is 11.1 Å². The van der Waals surface area contributed by atoms with Crippen molar-refractivity contribution in [1.29, 1.82) is 0 Å². The van der Waals surface area contributed by atoms with E-state index >= 15 is 0 Å². The van der Waals surface area contributed by atoms with Gasteiger partial charge in [-0.2, -0.15) is 12.8 Å². The number of sulfonamides is 1. The number of benzene rings is 2. The molecule has 0 radical (unpaired) electrons. The molecule has 9 heteroatoms. The quantitative estimate of drug-likeness (QED) is 0.502. The standard InChI is InChI=1S/C15H14N2O6S/c1-10-3-5-12(6-4-10)24(21,22)16-9-11-7-14(18)15(23-2)8-13(11)17(19)20/h3-9,18H,1-2H3/b16-9-. The van der Waals surface area contributed by atoms with Crippen LogP contribution in [0.25, 0.3) is 0 Å². The van der Waals surface area contributed by atoms with Crippen LogP contribution in [0, 0.1) is 17.0 Å². The van der Waals surface area contributed by atoms with Gasteiger partial charge in [0.1, 0.15) is 0 Å². The predicted octanol–water partition coefficient (Wildman–Crippen LogP) is 2.43. The van der Waals surface area contributed by atoms with Crippen LogP contribution >= 0.6 is 0 Å². The van der Waals surface area contributed by atoms with Crippen LogP contribution in [0.3, 0.4) is 0 Å². The van der Waals surface area contributed by atoms with Gasteiger partial charge in [0.15, 0.2) is 11.5 Å². The second kappa shape index (κ2) is 6.67. The number of methoxy groups -OCH3 is 1. The second-order valence-electron chi connectivity index (χ2n) is 4.86. The molecule has 0 amide bonds. The zero-order valence-corrected chi connectivity index (χ0v) is 13.6. The lowest BCUT2D eigenvalue weighted by Gasteiger charge is -2.05. The minimum atomic E-state index is -4.01. The highest BCUT2D eigenvalue weighted by molar-refractivity contribution is 7.90. The molecule has 2 aromatic carbocycles. The molecule has 1 N–H and O–H groups in total. The fraction of sp³-hybridized carbons (Fsp3) is 0.133. The molecule has 0 aliphatic heterocycles. The van der Waals surface area contributed by atoms with Gasteiger partial charge in [-0.3, -0.25) is 10.1 Å². The van der Waals surface area contributed by atoms with Crippen molar-refractivity contribution in [3.05, 3.63) is 57.6 Å². The summed E-state index contributed by atoms with van der Waals surface area (Å²) in [5.74, 6) is -0.461. The normalized spacial score (nSPS) is 11.6. The molecule has 24 heavy (non-hydrogen) atoms. The minimum absolute atomic E-state index is 0.0373. The molecule has 0 spiro atoms. The van der Waals surface area contributed by atoms with Crippen LogP contribution in [0.5, 0.6) is 11.5 Å². The maximum Gasteiger partial charge on any atom is 0.282 e. The fourth-order valence-corrected chi connectivity index (χ4v) is 2.75. The fourth-order valence-electron chi connectivity index (χ4n) is 1.90. The lowest BCUT2D eigenvalue weighted by Crippen LogP contribution is -2.00. The van der Waals surface area contributed by atoms with E-state index in [1.165, 1.54) is 19.2 Å². The summed E-state index contributed by atoms with van der Waals surface area (Å²) in [5, 5.41) is 20.8. The number of aromatic hydroxyl groups is 1. The van der Waals surface area contributed by atoms with E-state index in [0.29, 0.717) is 0 Å². The van der Waals surface area contributed by atoms with Crippen LogP contribution in [0.2, 0.25) is 0 Å². The van der Waals surface area contributed by atoms with Crippen molar-refractivity contribution in [2.24, 2.45) is 4.40 Å². The Labute approximate surface area is 138 Å². The minimum Gasteiger partial charge on any atom is -0.504 e. The molecule has 8 nitrogen and oxygen atoms in total. The Bertz CT molecular complexity index is 904. The lowest BCUT2D eigenvalue weighted by molar-refractivity contribution is -0.385. The summed E-state index contributed by atoms with van der Waals surface area (Å²) in [7, 11) is -2.77. The van der Waals surface area contributed by atoms with Crippen LogP contribution in [0.4, 0.5) is 5.69 Å². The van der Waals surface area contributed by atoms with Crippen molar-refractivity contribution in [3.8, 4) is 11.5 Å². The van der Waals surface area contributed by atoms with Gasteiger partial charge < -0.3 is 9.84 Å². The number of hydrogen-bond acceptors (Lipinski definition) is 6. The second-order valence-corrected chi connectivity index (χ2v) is 6.49. The van der Waals surface area contributed by atoms with Gasteiger partial charge in [0.25, 0.3) is 15.7 Å². The highest BCUT2D eigenvalue weighted by Gasteiger charge is 2.19. The predicted molar refractivity (Wildman–Crippen MR) is 87.3 cm³/mol. The van der Waals surface area contributed by atoms with E-state index in [0.717, 1.165) is 23.9 Å². The number of nitro benzene ring substituents is 1. The Morgan fingerprint density at radius 3 is 2.42 bits per heavy atom. The molecular weight excluding hydrogens is 336 g/mol. The molecule has 2 rings (SSSR count). The molecular formula is C15H14N2O6S. The average Bonchev–Trinajstić information content (AvgIpc) is 2.53. The molecule has 0 aromatic heterocycles. The van der Waals surface area contributed by atoms with Gasteiger partial charge in [-0.05, 0) is 25.1 Å². The van der Waals surface area contributed by atoms with E-state index in [2.05, 4.69) is 4.40 Å². The van der Waals surface area contributed by atoms with Gasteiger partial charge in [0, 0.05) is 0 Å². The number of ether oxygens (including phenoxy) is 1. The van der Waals surface area contributed by atoms with Crippen LogP contribution in [-0.2, 0) is 10.0 Å². The first kappa shape index (κ1) is 17.4. The first-order valence-electron chi connectivity index (χ1n) is 6.67. The van der Waals surface area contributed by atoms with Crippen molar-refractivity contribution in [3.63, 3.8) is 0 Å². The van der Waals surface area contributed by atoms with Gasteiger partial charge in [0.05, 0.1) is 34.8 Å². The number of nitro groups is 1. The van der Waals surface area contributed by atoms with Gasteiger partial charge >= 0.3 is 0 Å². The number of rotatable bonds is 5. The summed E-state index contributed by atoms with van der Waals surface area (Å²) in [5.41, 5.74) is 0.287. The van der Waals surface area contributed by atoms with Gasteiger partial charge in [-0.25, -0.2) is 0 Å². The summed E-state index contributed by atoms with van der Waals surface area (Å²) in [4.78, 5) is 10.3. The van der Waals surface area contributed by atoms with Crippen molar-refractivity contribution in [1.82, 2.24) is 0 Å². The number of phenols is 1. The molecule has 0 unspecified atom stereocenters. The number of phenolic OH excluding ortho intramolecular Hbond substituents is 1. The third-order valence-corrected chi connectivity index (χ3v) is 4.43. The Balaban J connectivity index is 2.46. The molecule has 0 fully saturated rings. The van der Waals surface area contributed by atoms with E-state index in [-0.39, 0.29) is 22.0 Å². The van der Waals surface area contributed by atoms with Crippen molar-refractivity contribution in [2.75, 3.05) is 7.11 Å². The Morgan fingerprint density at radius 2 is 1.88 bits per heavy atom. The van der Waals surface area contributed by atoms with Gasteiger partial charge in [-0.1, -0.05) is 17.7 Å². The van der Waals surface area contributed by atoms with E-state index in [1.54, 1.807) is 12.1 Å². The van der Waals surface area contributed by atoms with E-state index in [4.69, 9.17) is 4.74 Å². The van der Waals surface area contributed by atoms with Gasteiger partial charge in [0.2, 0.25) is 0 Å². The van der Waals surface area contributed by atoms with E-state index in [1.807, 2.05) is 6.92 Å². The molecule has 0 heterocycles. The zero-order chi connectivity index (χ0) is 17.9. The molecule has 0 saturated carbocycles. The molecule has 0 aliphatic rings. The highest BCUT2D eigenvalue weighted by Crippen LogP contribution is 2.33. The van der Waals surface area contributed by atoms with Crippen molar-refractivity contribution < 1.29 is 23.2 Å². The van der Waals surface area contributed by atoms with E-state index in [9.17, 15) is 23.6 Å². The van der Waals surface area contributed by atoms with E-state index < -0.39 is 20.6 Å². The largest absolute Gasteiger partial charge is 0.504 e. The third-order valence-electron chi connectivity index (χ3n) is 3.17. The number of aryl methyl sites for hydroxylation is 1. The summed E-state index contributed by atoms with van der Waals surface area (Å²) < 4.78 is 32.6. The topological polar surface area (TPSA) is 119 Å².